The molecule has 1 unspecified atom stereocenters. The van der Waals surface area contributed by atoms with E-state index >= 15 is 0 Å². The van der Waals surface area contributed by atoms with E-state index in [2.05, 4.69) is 15.0 Å². The van der Waals surface area contributed by atoms with Gasteiger partial charge in [0.25, 0.3) is 5.56 Å². The third-order valence-electron chi connectivity index (χ3n) is 5.83. The molecule has 30 heavy (non-hydrogen) atoms. The van der Waals surface area contributed by atoms with E-state index in [1.54, 1.807) is 6.92 Å². The van der Waals surface area contributed by atoms with Gasteiger partial charge in [0.15, 0.2) is 0 Å². The number of anilines is 1. The number of likely N-dealkylation sites (tertiary alicyclic amines) is 1. The van der Waals surface area contributed by atoms with E-state index in [9.17, 15) is 14.4 Å². The molecule has 2 aromatic rings. The van der Waals surface area contributed by atoms with Gasteiger partial charge in [0, 0.05) is 37.9 Å². The summed E-state index contributed by atoms with van der Waals surface area (Å²) in [6, 6.07) is 1.47. The van der Waals surface area contributed by atoms with Crippen molar-refractivity contribution in [3.63, 3.8) is 0 Å². The number of rotatable bonds is 4. The van der Waals surface area contributed by atoms with Gasteiger partial charge in [0.2, 0.25) is 16.0 Å². The highest BCUT2D eigenvalue weighted by molar-refractivity contribution is 7.20. The smallest absolute Gasteiger partial charge is 0.309 e. The first kappa shape index (κ1) is 20.8. The van der Waals surface area contributed by atoms with Gasteiger partial charge in [-0.2, -0.15) is 4.52 Å². The Kier molecular flexibility index (Phi) is 6.03. The molecule has 0 saturated carbocycles. The van der Waals surface area contributed by atoms with Crippen molar-refractivity contribution >= 4 is 33.3 Å². The lowest BCUT2D eigenvalue weighted by atomic mass is 9.93. The highest BCUT2D eigenvalue weighted by Crippen LogP contribution is 2.29. The van der Waals surface area contributed by atoms with Gasteiger partial charge in [0.05, 0.1) is 18.4 Å². The van der Waals surface area contributed by atoms with Crippen LogP contribution in [-0.4, -0.2) is 64.2 Å². The summed E-state index contributed by atoms with van der Waals surface area (Å²) >= 11 is 1.38. The van der Waals surface area contributed by atoms with Crippen LogP contribution in [0.5, 0.6) is 0 Å². The Morgan fingerprint density at radius 3 is 2.70 bits per heavy atom. The van der Waals surface area contributed by atoms with Gasteiger partial charge in [-0.05, 0) is 39.5 Å². The summed E-state index contributed by atoms with van der Waals surface area (Å²) in [5, 5.41) is 5.17. The minimum Gasteiger partial charge on any atom is -0.466 e. The monoisotopic (exact) mass is 433 g/mol. The first-order valence-corrected chi connectivity index (χ1v) is 11.4. The molecule has 1 amide bonds. The molecule has 4 heterocycles. The van der Waals surface area contributed by atoms with E-state index < -0.39 is 0 Å². The Balaban J connectivity index is 1.41. The molecular weight excluding hydrogens is 406 g/mol. The molecular formula is C20H27N5O4S. The first-order chi connectivity index (χ1) is 14.5. The number of carbonyl (C=O) groups excluding carboxylic acids is 2. The molecule has 2 saturated heterocycles. The number of piperidine rings is 2. The molecule has 0 aromatic carbocycles. The van der Waals surface area contributed by atoms with Crippen LogP contribution in [0.25, 0.3) is 4.96 Å². The Hall–Kier alpha value is -2.49. The molecule has 162 valence electrons. The zero-order valence-electron chi connectivity index (χ0n) is 17.4. The van der Waals surface area contributed by atoms with Crippen LogP contribution < -0.4 is 10.5 Å². The summed E-state index contributed by atoms with van der Waals surface area (Å²) in [6.45, 7) is 6.58. The zero-order valence-corrected chi connectivity index (χ0v) is 18.2. The fourth-order valence-electron chi connectivity index (χ4n) is 4.24. The number of aryl methyl sites for hydroxylation is 1. The second-order valence-electron chi connectivity index (χ2n) is 7.95. The zero-order chi connectivity index (χ0) is 21.3. The first-order valence-electron chi connectivity index (χ1n) is 10.5. The van der Waals surface area contributed by atoms with Crippen molar-refractivity contribution in [3.05, 3.63) is 22.1 Å². The fraction of sp³-hybridized carbons (Fsp3) is 0.650. The SMILES string of the molecule is CCOC(=O)C1CCN(C(=O)C2CCCN(c3nn4c(=O)cc(C)nc4s3)C2)CC1. The van der Waals surface area contributed by atoms with Crippen LogP contribution in [0, 0.1) is 18.8 Å². The lowest BCUT2D eigenvalue weighted by Crippen LogP contribution is -2.48. The molecule has 0 bridgehead atoms. The predicted molar refractivity (Wildman–Crippen MR) is 113 cm³/mol. The van der Waals surface area contributed by atoms with Gasteiger partial charge >= 0.3 is 5.97 Å². The molecule has 4 rings (SSSR count). The van der Waals surface area contributed by atoms with Crippen LogP contribution in [-0.2, 0) is 14.3 Å². The van der Waals surface area contributed by atoms with Crippen molar-refractivity contribution in [2.24, 2.45) is 11.8 Å². The van der Waals surface area contributed by atoms with Gasteiger partial charge in [-0.25, -0.2) is 4.98 Å². The molecule has 0 N–H and O–H groups in total. The van der Waals surface area contributed by atoms with E-state index in [0.29, 0.717) is 49.7 Å². The maximum absolute atomic E-state index is 13.1. The molecule has 9 nitrogen and oxygen atoms in total. The third kappa shape index (κ3) is 4.19. The summed E-state index contributed by atoms with van der Waals surface area (Å²) < 4.78 is 6.44. The number of esters is 1. The minimum atomic E-state index is -0.186. The van der Waals surface area contributed by atoms with Crippen LogP contribution in [0.4, 0.5) is 5.13 Å². The average Bonchev–Trinajstić information content (AvgIpc) is 3.18. The molecule has 2 aromatic heterocycles. The Bertz CT molecular complexity index is 995. The molecule has 0 spiro atoms. The molecule has 2 aliphatic heterocycles. The van der Waals surface area contributed by atoms with E-state index in [1.165, 1.54) is 21.9 Å². The largest absolute Gasteiger partial charge is 0.466 e. The number of hydrogen-bond donors (Lipinski definition) is 0. The molecule has 2 fully saturated rings. The van der Waals surface area contributed by atoms with E-state index in [1.807, 2.05) is 11.8 Å². The van der Waals surface area contributed by atoms with Crippen LogP contribution in [0.15, 0.2) is 10.9 Å². The number of nitrogens with zero attached hydrogens (tertiary/aromatic N) is 5. The summed E-state index contributed by atoms with van der Waals surface area (Å²) in [4.78, 5) is 46.1. The molecule has 2 aliphatic rings. The second-order valence-corrected chi connectivity index (χ2v) is 8.89. The van der Waals surface area contributed by atoms with Crippen molar-refractivity contribution in [1.29, 1.82) is 0 Å². The predicted octanol–water partition coefficient (Wildman–Crippen LogP) is 1.48. The van der Waals surface area contributed by atoms with Crippen LogP contribution in [0.1, 0.15) is 38.3 Å². The van der Waals surface area contributed by atoms with Gasteiger partial charge in [-0.3, -0.25) is 14.4 Å². The summed E-state index contributed by atoms with van der Waals surface area (Å²) in [5.41, 5.74) is 0.488. The topological polar surface area (TPSA) is 97.1 Å². The van der Waals surface area contributed by atoms with Gasteiger partial charge in [0.1, 0.15) is 0 Å². The number of aromatic nitrogens is 3. The van der Waals surface area contributed by atoms with E-state index in [4.69, 9.17) is 4.74 Å². The summed E-state index contributed by atoms with van der Waals surface area (Å²) in [5.74, 6) is -0.206. The molecule has 0 aliphatic carbocycles. The Morgan fingerprint density at radius 2 is 1.97 bits per heavy atom. The number of hydrogen-bond acceptors (Lipinski definition) is 8. The highest BCUT2D eigenvalue weighted by Gasteiger charge is 2.34. The Labute approximate surface area is 178 Å². The van der Waals surface area contributed by atoms with E-state index in [0.717, 1.165) is 24.5 Å². The van der Waals surface area contributed by atoms with Gasteiger partial charge in [-0.15, -0.1) is 5.10 Å². The van der Waals surface area contributed by atoms with Crippen LogP contribution in [0.2, 0.25) is 0 Å². The van der Waals surface area contributed by atoms with Gasteiger partial charge < -0.3 is 14.5 Å². The quantitative estimate of drug-likeness (QED) is 0.674. The normalized spacial score (nSPS) is 20.5. The van der Waals surface area contributed by atoms with Crippen molar-refractivity contribution in [3.8, 4) is 0 Å². The highest BCUT2D eigenvalue weighted by atomic mass is 32.1. The van der Waals surface area contributed by atoms with Crippen molar-refractivity contribution in [2.45, 2.75) is 39.5 Å². The molecule has 1 atom stereocenters. The van der Waals surface area contributed by atoms with Crippen LogP contribution >= 0.6 is 11.3 Å². The molecule has 0 radical (unpaired) electrons. The average molecular weight is 434 g/mol. The van der Waals surface area contributed by atoms with Crippen LogP contribution in [0.3, 0.4) is 0 Å². The summed E-state index contributed by atoms with van der Waals surface area (Å²) in [7, 11) is 0. The number of amides is 1. The molecule has 10 heteroatoms. The van der Waals surface area contributed by atoms with Crippen molar-refractivity contribution < 1.29 is 14.3 Å². The summed E-state index contributed by atoms with van der Waals surface area (Å²) in [6.07, 6.45) is 3.06. The number of ether oxygens (including phenoxy) is 1. The maximum atomic E-state index is 13.1. The van der Waals surface area contributed by atoms with Crippen molar-refractivity contribution in [2.75, 3.05) is 37.7 Å². The number of carbonyl (C=O) groups is 2. The lowest BCUT2D eigenvalue weighted by molar-refractivity contribution is -0.151. The van der Waals surface area contributed by atoms with Crippen molar-refractivity contribution in [1.82, 2.24) is 19.5 Å². The minimum absolute atomic E-state index is 0.101. The fourth-order valence-corrected chi connectivity index (χ4v) is 5.23. The maximum Gasteiger partial charge on any atom is 0.309 e. The lowest BCUT2D eigenvalue weighted by Gasteiger charge is -2.37. The third-order valence-corrected chi connectivity index (χ3v) is 6.80. The van der Waals surface area contributed by atoms with E-state index in [-0.39, 0.29) is 29.3 Å². The number of fused-ring (bicyclic) bond motifs is 1. The Morgan fingerprint density at radius 1 is 1.20 bits per heavy atom. The second kappa shape index (κ2) is 8.71. The van der Waals surface area contributed by atoms with Gasteiger partial charge in [-0.1, -0.05) is 11.3 Å². The standard InChI is InChI=1S/C20H27N5O4S/c1-3-29-18(28)14-6-9-23(10-7-14)17(27)15-5-4-8-24(12-15)20-22-25-16(26)11-13(2)21-19(25)30-20/h11,14-15H,3-10,12H2,1-2H3.